The third-order valence-corrected chi connectivity index (χ3v) is 5.12. The molecule has 0 atom stereocenters. The van der Waals surface area contributed by atoms with Crippen molar-refractivity contribution >= 4 is 23.6 Å². The van der Waals surface area contributed by atoms with Crippen LogP contribution in [-0.4, -0.2) is 76.2 Å². The van der Waals surface area contributed by atoms with Crippen LogP contribution in [0.4, 0.5) is 13.2 Å². The van der Waals surface area contributed by atoms with E-state index in [1.807, 2.05) is 0 Å². The number of imide groups is 1. The minimum Gasteiger partial charge on any atom is -0.337 e. The summed E-state index contributed by atoms with van der Waals surface area (Å²) in [6.07, 6.45) is -4.75. The van der Waals surface area contributed by atoms with Crippen molar-refractivity contribution in [3.05, 3.63) is 34.9 Å². The number of carbonyl (C=O) groups excluding carboxylic acids is 4. The van der Waals surface area contributed by atoms with Crippen LogP contribution in [0.5, 0.6) is 0 Å². The molecule has 10 heteroatoms. The third kappa shape index (κ3) is 3.90. The zero-order valence-electron chi connectivity index (χ0n) is 16.9. The second kappa shape index (κ2) is 7.41. The summed E-state index contributed by atoms with van der Waals surface area (Å²) in [4.78, 5) is 52.8. The van der Waals surface area contributed by atoms with E-state index < -0.39 is 35.3 Å². The average Bonchev–Trinajstić information content (AvgIpc) is 2.80. The van der Waals surface area contributed by atoms with E-state index in [2.05, 4.69) is 0 Å². The zero-order valence-corrected chi connectivity index (χ0v) is 16.9. The lowest BCUT2D eigenvalue weighted by atomic mass is 10.0. The summed E-state index contributed by atoms with van der Waals surface area (Å²) in [5.74, 6) is -3.30. The highest BCUT2D eigenvalue weighted by Crippen LogP contribution is 2.30. The summed E-state index contributed by atoms with van der Waals surface area (Å²) in [6.45, 7) is 4.98. The number of halogens is 3. The summed E-state index contributed by atoms with van der Waals surface area (Å²) >= 11 is 0. The van der Waals surface area contributed by atoms with E-state index in [9.17, 15) is 32.3 Å². The smallest absolute Gasteiger partial charge is 0.337 e. The second-order valence-corrected chi connectivity index (χ2v) is 8.31. The first kappa shape index (κ1) is 21.8. The Morgan fingerprint density at radius 2 is 1.43 bits per heavy atom. The van der Waals surface area contributed by atoms with E-state index in [0.29, 0.717) is 4.90 Å². The Labute approximate surface area is 171 Å². The molecular formula is C20H22F3N3O4. The van der Waals surface area contributed by atoms with Gasteiger partial charge in [0.05, 0.1) is 11.1 Å². The molecule has 1 aromatic carbocycles. The van der Waals surface area contributed by atoms with Gasteiger partial charge < -0.3 is 9.80 Å². The summed E-state index contributed by atoms with van der Waals surface area (Å²) in [7, 11) is 0. The Morgan fingerprint density at radius 1 is 0.867 bits per heavy atom. The van der Waals surface area contributed by atoms with Gasteiger partial charge in [0.2, 0.25) is 0 Å². The molecule has 2 aliphatic heterocycles. The Morgan fingerprint density at radius 3 is 2.03 bits per heavy atom. The van der Waals surface area contributed by atoms with Crippen LogP contribution in [0.3, 0.4) is 0 Å². The highest BCUT2D eigenvalue weighted by Gasteiger charge is 2.44. The number of rotatable bonds is 1. The number of nitrogens with zero attached hydrogens (tertiary/aromatic N) is 3. The number of hydrogen-bond donors (Lipinski definition) is 0. The molecule has 1 fully saturated rings. The fourth-order valence-corrected chi connectivity index (χ4v) is 3.67. The Bertz CT molecular complexity index is 921. The summed E-state index contributed by atoms with van der Waals surface area (Å²) in [6, 6.07) is 4.21. The van der Waals surface area contributed by atoms with Crippen LogP contribution < -0.4 is 0 Å². The van der Waals surface area contributed by atoms with Crippen molar-refractivity contribution in [1.82, 2.24) is 14.7 Å². The minimum absolute atomic E-state index is 0.0568. The molecule has 0 spiro atoms. The van der Waals surface area contributed by atoms with Crippen LogP contribution in [0.25, 0.3) is 0 Å². The molecule has 2 heterocycles. The topological polar surface area (TPSA) is 78.0 Å². The maximum Gasteiger partial charge on any atom is 0.471 e. The first-order chi connectivity index (χ1) is 13.8. The largest absolute Gasteiger partial charge is 0.471 e. The Kier molecular flexibility index (Phi) is 5.38. The van der Waals surface area contributed by atoms with Gasteiger partial charge in [0, 0.05) is 37.3 Å². The first-order valence-electron chi connectivity index (χ1n) is 9.50. The van der Waals surface area contributed by atoms with Gasteiger partial charge in [-0.15, -0.1) is 0 Å². The van der Waals surface area contributed by atoms with Crippen molar-refractivity contribution in [2.24, 2.45) is 0 Å². The quantitative estimate of drug-likeness (QED) is 0.647. The molecule has 1 saturated heterocycles. The molecule has 162 valence electrons. The fraction of sp³-hybridized carbons (Fsp3) is 0.500. The highest BCUT2D eigenvalue weighted by molar-refractivity contribution is 6.22. The van der Waals surface area contributed by atoms with E-state index in [-0.39, 0.29) is 49.3 Å². The molecule has 3 rings (SSSR count). The lowest BCUT2D eigenvalue weighted by Gasteiger charge is -2.29. The molecule has 0 radical (unpaired) electrons. The van der Waals surface area contributed by atoms with Gasteiger partial charge in [-0.2, -0.15) is 13.2 Å². The maximum absolute atomic E-state index is 12.9. The number of fused-ring (bicyclic) bond motifs is 1. The van der Waals surface area contributed by atoms with Crippen molar-refractivity contribution in [3.8, 4) is 0 Å². The van der Waals surface area contributed by atoms with Crippen LogP contribution in [0, 0.1) is 0 Å². The van der Waals surface area contributed by atoms with Crippen LogP contribution >= 0.6 is 0 Å². The Hall–Kier alpha value is -2.91. The summed E-state index contributed by atoms with van der Waals surface area (Å²) in [5.41, 5.74) is -0.216. The molecule has 0 N–H and O–H groups in total. The zero-order chi connectivity index (χ0) is 22.4. The molecule has 1 aromatic rings. The average molecular weight is 425 g/mol. The van der Waals surface area contributed by atoms with E-state index in [4.69, 9.17) is 0 Å². The molecule has 0 unspecified atom stereocenters. The van der Waals surface area contributed by atoms with Crippen LogP contribution in [0.2, 0.25) is 0 Å². The molecule has 30 heavy (non-hydrogen) atoms. The maximum atomic E-state index is 12.9. The van der Waals surface area contributed by atoms with Gasteiger partial charge in [0.1, 0.15) is 0 Å². The van der Waals surface area contributed by atoms with Crippen molar-refractivity contribution in [1.29, 1.82) is 0 Å². The number of benzene rings is 1. The number of hydrogen-bond acceptors (Lipinski definition) is 4. The van der Waals surface area contributed by atoms with Gasteiger partial charge >= 0.3 is 12.1 Å². The van der Waals surface area contributed by atoms with E-state index in [1.54, 1.807) is 20.8 Å². The van der Waals surface area contributed by atoms with Crippen LogP contribution in [-0.2, 0) is 4.79 Å². The highest BCUT2D eigenvalue weighted by atomic mass is 19.4. The monoisotopic (exact) mass is 425 g/mol. The van der Waals surface area contributed by atoms with Crippen LogP contribution in [0.1, 0.15) is 58.3 Å². The molecule has 0 saturated carbocycles. The number of alkyl halides is 3. The number of amides is 4. The summed E-state index contributed by atoms with van der Waals surface area (Å²) < 4.78 is 38.0. The lowest BCUT2D eigenvalue weighted by molar-refractivity contribution is -0.185. The lowest BCUT2D eigenvalue weighted by Crippen LogP contribution is -2.45. The molecular weight excluding hydrogens is 403 g/mol. The minimum atomic E-state index is -4.95. The fourth-order valence-electron chi connectivity index (χ4n) is 3.67. The van der Waals surface area contributed by atoms with Crippen molar-refractivity contribution in [2.75, 3.05) is 26.2 Å². The van der Waals surface area contributed by atoms with Crippen molar-refractivity contribution < 1.29 is 32.3 Å². The second-order valence-electron chi connectivity index (χ2n) is 8.31. The van der Waals surface area contributed by atoms with Gasteiger partial charge in [-0.25, -0.2) is 0 Å². The normalized spacial score (nSPS) is 17.9. The molecule has 0 aromatic heterocycles. The molecule has 4 amide bonds. The summed E-state index contributed by atoms with van der Waals surface area (Å²) in [5, 5.41) is 0. The van der Waals surface area contributed by atoms with E-state index >= 15 is 0 Å². The van der Waals surface area contributed by atoms with Gasteiger partial charge in [0.15, 0.2) is 0 Å². The van der Waals surface area contributed by atoms with Gasteiger partial charge in [-0.3, -0.25) is 24.1 Å². The van der Waals surface area contributed by atoms with Crippen molar-refractivity contribution in [3.63, 3.8) is 0 Å². The van der Waals surface area contributed by atoms with E-state index in [0.717, 1.165) is 4.90 Å². The number of carbonyl (C=O) groups is 4. The molecule has 2 aliphatic rings. The third-order valence-electron chi connectivity index (χ3n) is 5.12. The van der Waals surface area contributed by atoms with Crippen molar-refractivity contribution in [2.45, 2.75) is 38.9 Å². The van der Waals surface area contributed by atoms with Gasteiger partial charge in [-0.1, -0.05) is 0 Å². The predicted octanol–water partition coefficient (Wildman–Crippen LogP) is 2.32. The molecule has 0 aliphatic carbocycles. The SMILES string of the molecule is CC(C)(C)N1C(=O)c2ccc(C(=O)N3CCCN(C(=O)C(F)(F)F)CC3)cc2C1=O. The standard InChI is InChI=1S/C20H22F3N3O4/c1-19(2,3)26-16(28)13-6-5-12(11-14(13)17(26)29)15(27)24-7-4-8-25(10-9-24)18(30)20(21,22)23/h5-6,11H,4,7-10H2,1-3H3. The molecule has 0 bridgehead atoms. The Balaban J connectivity index is 1.78. The first-order valence-corrected chi connectivity index (χ1v) is 9.50. The van der Waals surface area contributed by atoms with Crippen LogP contribution in [0.15, 0.2) is 18.2 Å². The predicted molar refractivity (Wildman–Crippen MR) is 99.9 cm³/mol. The molecule has 7 nitrogen and oxygen atoms in total. The van der Waals surface area contributed by atoms with Gasteiger partial charge in [-0.05, 0) is 45.4 Å². The van der Waals surface area contributed by atoms with E-state index in [1.165, 1.54) is 23.1 Å². The van der Waals surface area contributed by atoms with Gasteiger partial charge in [0.25, 0.3) is 17.7 Å².